The van der Waals surface area contributed by atoms with Crippen molar-refractivity contribution in [2.24, 2.45) is 10.7 Å². The normalized spacial score (nSPS) is 12.6. The molecule has 2 aromatic rings. The van der Waals surface area contributed by atoms with Crippen molar-refractivity contribution in [1.82, 2.24) is 0 Å². The molecule has 0 spiro atoms. The molecular weight excluding hydrogens is 369 g/mol. The predicted octanol–water partition coefficient (Wildman–Crippen LogP) is 2.67. The standard InChI is InChI=1S/C14H17N3O2.HI/c1-10-4-2-5-11(8-10)17-14(15)16-9-12(18)13-6-3-7-19-13;/h2-8,12,18H,9H2,1H3,(H3,15,16,17);1H. The van der Waals surface area contributed by atoms with E-state index in [4.69, 9.17) is 10.2 Å². The van der Waals surface area contributed by atoms with Crippen molar-refractivity contribution >= 4 is 35.6 Å². The van der Waals surface area contributed by atoms with E-state index in [1.807, 2.05) is 31.2 Å². The smallest absolute Gasteiger partial charge is 0.193 e. The molecule has 1 aromatic heterocycles. The Labute approximate surface area is 134 Å². The third-order valence-electron chi connectivity index (χ3n) is 2.60. The summed E-state index contributed by atoms with van der Waals surface area (Å²) < 4.78 is 5.08. The van der Waals surface area contributed by atoms with E-state index >= 15 is 0 Å². The zero-order valence-corrected chi connectivity index (χ0v) is 13.4. The summed E-state index contributed by atoms with van der Waals surface area (Å²) in [6.45, 7) is 2.15. The second-order valence-corrected chi connectivity index (χ2v) is 4.25. The summed E-state index contributed by atoms with van der Waals surface area (Å²) in [6, 6.07) is 11.2. The Kier molecular flexibility index (Phi) is 6.53. The number of rotatable bonds is 4. The van der Waals surface area contributed by atoms with Gasteiger partial charge in [0.05, 0.1) is 12.8 Å². The first-order valence-electron chi connectivity index (χ1n) is 6.00. The summed E-state index contributed by atoms with van der Waals surface area (Å²) >= 11 is 0. The second-order valence-electron chi connectivity index (χ2n) is 4.25. The first-order valence-corrected chi connectivity index (χ1v) is 6.00. The molecule has 0 saturated heterocycles. The van der Waals surface area contributed by atoms with Crippen LogP contribution in [0.3, 0.4) is 0 Å². The van der Waals surface area contributed by atoms with Gasteiger partial charge < -0.3 is 20.6 Å². The van der Waals surface area contributed by atoms with E-state index < -0.39 is 6.10 Å². The topological polar surface area (TPSA) is 83.8 Å². The Morgan fingerprint density at radius 2 is 2.20 bits per heavy atom. The minimum atomic E-state index is -0.784. The molecule has 0 fully saturated rings. The van der Waals surface area contributed by atoms with Crippen LogP contribution in [0.2, 0.25) is 0 Å². The van der Waals surface area contributed by atoms with Gasteiger partial charge in [0.25, 0.3) is 0 Å². The molecule has 0 aliphatic rings. The van der Waals surface area contributed by atoms with Crippen LogP contribution in [0.1, 0.15) is 17.4 Å². The van der Waals surface area contributed by atoms with Crippen molar-refractivity contribution in [2.75, 3.05) is 11.9 Å². The number of hydrogen-bond acceptors (Lipinski definition) is 3. The number of benzene rings is 1. The van der Waals surface area contributed by atoms with Crippen LogP contribution in [0.25, 0.3) is 0 Å². The fraction of sp³-hybridized carbons (Fsp3) is 0.214. The van der Waals surface area contributed by atoms with Gasteiger partial charge in [-0.25, -0.2) is 4.99 Å². The molecule has 0 saturated carbocycles. The van der Waals surface area contributed by atoms with Gasteiger partial charge in [0, 0.05) is 5.69 Å². The number of nitrogens with two attached hydrogens (primary N) is 1. The minimum Gasteiger partial charge on any atom is -0.467 e. The molecule has 6 heteroatoms. The number of anilines is 1. The van der Waals surface area contributed by atoms with E-state index in [9.17, 15) is 5.11 Å². The molecule has 2 rings (SSSR count). The summed E-state index contributed by atoms with van der Waals surface area (Å²) in [5, 5.41) is 12.8. The first kappa shape index (κ1) is 16.5. The van der Waals surface area contributed by atoms with Gasteiger partial charge in [-0.3, -0.25) is 0 Å². The van der Waals surface area contributed by atoms with Crippen LogP contribution in [0.4, 0.5) is 5.69 Å². The second kappa shape index (κ2) is 7.91. The lowest BCUT2D eigenvalue weighted by Crippen LogP contribution is -2.23. The van der Waals surface area contributed by atoms with Gasteiger partial charge in [-0.2, -0.15) is 0 Å². The maximum Gasteiger partial charge on any atom is 0.193 e. The number of aliphatic hydroxyl groups is 1. The number of halogens is 1. The van der Waals surface area contributed by atoms with Crippen LogP contribution >= 0.6 is 24.0 Å². The van der Waals surface area contributed by atoms with E-state index in [2.05, 4.69) is 10.3 Å². The van der Waals surface area contributed by atoms with Crippen LogP contribution in [0, 0.1) is 6.92 Å². The number of guanidine groups is 1. The van der Waals surface area contributed by atoms with Gasteiger partial charge in [-0.1, -0.05) is 12.1 Å². The van der Waals surface area contributed by atoms with E-state index in [-0.39, 0.29) is 36.5 Å². The van der Waals surface area contributed by atoms with E-state index in [1.165, 1.54) is 6.26 Å². The molecule has 4 N–H and O–H groups in total. The van der Waals surface area contributed by atoms with E-state index in [1.54, 1.807) is 12.1 Å². The van der Waals surface area contributed by atoms with Gasteiger partial charge in [0.1, 0.15) is 11.9 Å². The van der Waals surface area contributed by atoms with Gasteiger partial charge in [0.15, 0.2) is 5.96 Å². The molecule has 0 bridgehead atoms. The lowest BCUT2D eigenvalue weighted by molar-refractivity contribution is 0.158. The molecule has 0 aliphatic heterocycles. The number of aliphatic imine (C=N–C) groups is 1. The Morgan fingerprint density at radius 1 is 1.40 bits per heavy atom. The molecule has 1 atom stereocenters. The Hall–Kier alpha value is -1.54. The number of hydrogen-bond donors (Lipinski definition) is 3. The third kappa shape index (κ3) is 4.86. The number of furan rings is 1. The van der Waals surface area contributed by atoms with Crippen molar-refractivity contribution in [1.29, 1.82) is 0 Å². The fourth-order valence-corrected chi connectivity index (χ4v) is 1.67. The summed E-state index contributed by atoms with van der Waals surface area (Å²) in [5.41, 5.74) is 7.76. The molecule has 108 valence electrons. The molecule has 5 nitrogen and oxygen atoms in total. The van der Waals surface area contributed by atoms with Gasteiger partial charge in [-0.05, 0) is 36.8 Å². The van der Waals surface area contributed by atoms with Crippen molar-refractivity contribution < 1.29 is 9.52 Å². The average molecular weight is 387 g/mol. The molecular formula is C14H18IN3O2. The predicted molar refractivity (Wildman–Crippen MR) is 90.4 cm³/mol. The van der Waals surface area contributed by atoms with Crippen LogP contribution in [0.15, 0.2) is 52.1 Å². The minimum absolute atomic E-state index is 0. The molecule has 0 radical (unpaired) electrons. The van der Waals surface area contributed by atoms with Crippen LogP contribution in [-0.2, 0) is 0 Å². The maximum atomic E-state index is 9.78. The molecule has 1 aromatic carbocycles. The van der Waals surface area contributed by atoms with Crippen LogP contribution in [0.5, 0.6) is 0 Å². The summed E-state index contributed by atoms with van der Waals surface area (Å²) in [4.78, 5) is 4.08. The molecule has 20 heavy (non-hydrogen) atoms. The SMILES string of the molecule is Cc1cccc(NC(N)=NCC(O)c2ccco2)c1.I. The molecule has 1 heterocycles. The third-order valence-corrected chi connectivity index (χ3v) is 2.60. The average Bonchev–Trinajstić information content (AvgIpc) is 2.90. The lowest BCUT2D eigenvalue weighted by atomic mass is 10.2. The highest BCUT2D eigenvalue weighted by Crippen LogP contribution is 2.13. The first-order chi connectivity index (χ1) is 9.15. The van der Waals surface area contributed by atoms with E-state index in [0.29, 0.717) is 5.76 Å². The van der Waals surface area contributed by atoms with Crippen molar-refractivity contribution in [3.8, 4) is 0 Å². The van der Waals surface area contributed by atoms with Gasteiger partial charge >= 0.3 is 0 Å². The van der Waals surface area contributed by atoms with Crippen LogP contribution < -0.4 is 11.1 Å². The van der Waals surface area contributed by atoms with Crippen LogP contribution in [-0.4, -0.2) is 17.6 Å². The summed E-state index contributed by atoms with van der Waals surface area (Å²) in [6.07, 6.45) is 0.726. The summed E-state index contributed by atoms with van der Waals surface area (Å²) in [5.74, 6) is 0.739. The van der Waals surface area contributed by atoms with Gasteiger partial charge in [0.2, 0.25) is 0 Å². The quantitative estimate of drug-likeness (QED) is 0.428. The summed E-state index contributed by atoms with van der Waals surface area (Å²) in [7, 11) is 0. The largest absolute Gasteiger partial charge is 0.467 e. The maximum absolute atomic E-state index is 9.78. The fourth-order valence-electron chi connectivity index (χ4n) is 1.67. The Bertz CT molecular complexity index is 555. The Balaban J connectivity index is 0.00000200. The monoisotopic (exact) mass is 387 g/mol. The highest BCUT2D eigenvalue weighted by molar-refractivity contribution is 14.0. The molecule has 0 aliphatic carbocycles. The highest BCUT2D eigenvalue weighted by Gasteiger charge is 2.09. The number of nitrogens with zero attached hydrogens (tertiary/aromatic N) is 1. The number of nitrogens with one attached hydrogen (secondary N) is 1. The van der Waals surface area contributed by atoms with Crippen molar-refractivity contribution in [2.45, 2.75) is 13.0 Å². The number of aliphatic hydroxyl groups excluding tert-OH is 1. The highest BCUT2D eigenvalue weighted by atomic mass is 127. The molecule has 0 amide bonds. The van der Waals surface area contributed by atoms with Crippen molar-refractivity contribution in [3.63, 3.8) is 0 Å². The zero-order valence-electron chi connectivity index (χ0n) is 11.1. The number of aryl methyl sites for hydroxylation is 1. The zero-order chi connectivity index (χ0) is 13.7. The van der Waals surface area contributed by atoms with Gasteiger partial charge in [-0.15, -0.1) is 24.0 Å². The lowest BCUT2D eigenvalue weighted by Gasteiger charge is -2.08. The van der Waals surface area contributed by atoms with E-state index in [0.717, 1.165) is 11.3 Å². The molecule has 1 unspecified atom stereocenters. The van der Waals surface area contributed by atoms with Crippen molar-refractivity contribution in [3.05, 3.63) is 54.0 Å². The Morgan fingerprint density at radius 3 is 2.85 bits per heavy atom.